The van der Waals surface area contributed by atoms with Crippen molar-refractivity contribution in [1.82, 2.24) is 29.5 Å². The van der Waals surface area contributed by atoms with Crippen molar-refractivity contribution in [3.63, 3.8) is 0 Å². The summed E-state index contributed by atoms with van der Waals surface area (Å²) in [4.78, 5) is 9.21. The molecule has 35 heavy (non-hydrogen) atoms. The number of imidazole rings is 1. The molecule has 2 aromatic carbocycles. The van der Waals surface area contributed by atoms with Crippen LogP contribution in [-0.2, 0) is 28.0 Å². The van der Waals surface area contributed by atoms with Crippen molar-refractivity contribution in [2.45, 2.75) is 30.9 Å². The molecule has 0 spiro atoms. The lowest BCUT2D eigenvalue weighted by molar-refractivity contribution is 0.172. The number of aromatic nitrogens is 6. The second-order valence-electron chi connectivity index (χ2n) is 8.10. The van der Waals surface area contributed by atoms with Gasteiger partial charge in [0.15, 0.2) is 0 Å². The van der Waals surface area contributed by atoms with E-state index in [-0.39, 0.29) is 5.75 Å². The van der Waals surface area contributed by atoms with Gasteiger partial charge in [0.2, 0.25) is 5.16 Å². The third-order valence-electron chi connectivity index (χ3n) is 5.80. The van der Waals surface area contributed by atoms with Gasteiger partial charge in [-0.05, 0) is 37.3 Å². The fourth-order valence-electron chi connectivity index (χ4n) is 3.95. The average molecular weight is 491 g/mol. The highest BCUT2D eigenvalue weighted by Crippen LogP contribution is 2.25. The molecule has 0 amide bonds. The maximum Gasteiger partial charge on any atom is 0.202 e. The quantitative estimate of drug-likeness (QED) is 0.275. The van der Waals surface area contributed by atoms with Crippen molar-refractivity contribution >= 4 is 32.9 Å². The van der Waals surface area contributed by atoms with E-state index in [1.807, 2.05) is 66.1 Å². The van der Waals surface area contributed by atoms with E-state index in [1.165, 1.54) is 0 Å². The second kappa shape index (κ2) is 10.3. The standard InChI is InChI=1S/C25H26N6O3S/c1-18-21(26-13-12-24(18)34-15-7-14-33-2)16-35(32)25-27-19-8-3-5-10-22(19)30(25)17-31-23-11-6-4-9-20(23)28-29-31/h3-6,8-13H,7,14-17H2,1-2H3. The monoisotopic (exact) mass is 490 g/mol. The predicted octanol–water partition coefficient (Wildman–Crippen LogP) is 3.71. The topological polar surface area (TPSA) is 97.0 Å². The third kappa shape index (κ3) is 4.80. The number of pyridine rings is 1. The molecule has 1 atom stereocenters. The highest BCUT2D eigenvalue weighted by atomic mass is 32.2. The van der Waals surface area contributed by atoms with Crippen LogP contribution < -0.4 is 4.74 Å². The van der Waals surface area contributed by atoms with Crippen LogP contribution in [0.25, 0.3) is 22.1 Å². The maximum absolute atomic E-state index is 13.6. The number of fused-ring (bicyclic) bond motifs is 2. The van der Waals surface area contributed by atoms with Crippen LogP contribution in [0.15, 0.2) is 66.0 Å². The van der Waals surface area contributed by atoms with E-state index >= 15 is 0 Å². The number of benzene rings is 2. The Morgan fingerprint density at radius 2 is 1.74 bits per heavy atom. The molecule has 0 fully saturated rings. The first kappa shape index (κ1) is 23.1. The summed E-state index contributed by atoms with van der Waals surface area (Å²) in [6.07, 6.45) is 2.48. The molecule has 0 saturated heterocycles. The second-order valence-corrected chi connectivity index (χ2v) is 9.44. The molecule has 0 saturated carbocycles. The molecule has 0 aliphatic rings. The Balaban J connectivity index is 1.45. The summed E-state index contributed by atoms with van der Waals surface area (Å²) in [6.45, 7) is 3.47. The van der Waals surface area contributed by atoms with Crippen molar-refractivity contribution in [2.24, 2.45) is 0 Å². The molecular formula is C25H26N6O3S. The molecule has 3 aromatic heterocycles. The van der Waals surface area contributed by atoms with Crippen LogP contribution in [0.5, 0.6) is 5.75 Å². The molecule has 10 heteroatoms. The highest BCUT2D eigenvalue weighted by molar-refractivity contribution is 7.84. The van der Waals surface area contributed by atoms with E-state index in [9.17, 15) is 4.21 Å². The van der Waals surface area contributed by atoms with Gasteiger partial charge >= 0.3 is 0 Å². The maximum atomic E-state index is 13.6. The van der Waals surface area contributed by atoms with Gasteiger partial charge in [0, 0.05) is 31.9 Å². The van der Waals surface area contributed by atoms with Crippen LogP contribution in [0.2, 0.25) is 0 Å². The minimum absolute atomic E-state index is 0.225. The summed E-state index contributed by atoms with van der Waals surface area (Å²) in [7, 11) is 0.222. The van der Waals surface area contributed by atoms with E-state index < -0.39 is 10.8 Å². The summed E-state index contributed by atoms with van der Waals surface area (Å²) in [6, 6.07) is 17.4. The van der Waals surface area contributed by atoms with Crippen LogP contribution in [-0.4, -0.2) is 54.1 Å². The van der Waals surface area contributed by atoms with E-state index in [0.29, 0.717) is 25.0 Å². The van der Waals surface area contributed by atoms with Crippen LogP contribution in [0.4, 0.5) is 0 Å². The van der Waals surface area contributed by atoms with Crippen LogP contribution in [0, 0.1) is 6.92 Å². The molecule has 180 valence electrons. The number of hydrogen-bond acceptors (Lipinski definition) is 7. The first-order valence-electron chi connectivity index (χ1n) is 11.3. The molecule has 1 unspecified atom stereocenters. The fraction of sp³-hybridized carbons (Fsp3) is 0.280. The number of ether oxygens (including phenoxy) is 2. The molecular weight excluding hydrogens is 464 g/mol. The highest BCUT2D eigenvalue weighted by Gasteiger charge is 2.20. The van der Waals surface area contributed by atoms with Gasteiger partial charge in [-0.3, -0.25) is 13.8 Å². The van der Waals surface area contributed by atoms with Gasteiger partial charge in [0.25, 0.3) is 0 Å². The molecule has 0 N–H and O–H groups in total. The molecule has 0 aliphatic carbocycles. The summed E-state index contributed by atoms with van der Waals surface area (Å²) in [5, 5.41) is 9.03. The minimum Gasteiger partial charge on any atom is -0.493 e. The lowest BCUT2D eigenvalue weighted by Crippen LogP contribution is -2.15. The first-order valence-corrected chi connectivity index (χ1v) is 12.7. The van der Waals surface area contributed by atoms with Gasteiger partial charge in [-0.2, -0.15) is 0 Å². The third-order valence-corrected chi connectivity index (χ3v) is 7.05. The largest absolute Gasteiger partial charge is 0.493 e. The van der Waals surface area contributed by atoms with Crippen molar-refractivity contribution in [3.05, 3.63) is 72.1 Å². The molecule has 9 nitrogen and oxygen atoms in total. The number of nitrogens with zero attached hydrogens (tertiary/aromatic N) is 6. The SMILES string of the molecule is COCCCOc1ccnc(CS(=O)c2nc3ccccc3n2Cn2nnc3ccccc32)c1C. The van der Waals surface area contributed by atoms with Crippen molar-refractivity contribution in [2.75, 3.05) is 20.3 Å². The lowest BCUT2D eigenvalue weighted by atomic mass is 10.2. The number of hydrogen-bond donors (Lipinski definition) is 0. The molecule has 3 heterocycles. The van der Waals surface area contributed by atoms with Gasteiger partial charge in [-0.15, -0.1) is 5.10 Å². The Morgan fingerprint density at radius 3 is 2.57 bits per heavy atom. The lowest BCUT2D eigenvalue weighted by Gasteiger charge is -2.13. The zero-order valence-corrected chi connectivity index (χ0v) is 20.4. The molecule has 0 aliphatic heterocycles. The zero-order chi connectivity index (χ0) is 24.2. The Hall–Kier alpha value is -3.63. The predicted molar refractivity (Wildman–Crippen MR) is 134 cm³/mol. The van der Waals surface area contributed by atoms with E-state index in [4.69, 9.17) is 14.5 Å². The Morgan fingerprint density at radius 1 is 0.971 bits per heavy atom. The van der Waals surface area contributed by atoms with Gasteiger partial charge in [-0.1, -0.05) is 29.5 Å². The molecule has 5 aromatic rings. The van der Waals surface area contributed by atoms with Gasteiger partial charge in [-0.25, -0.2) is 9.67 Å². The van der Waals surface area contributed by atoms with Crippen molar-refractivity contribution in [1.29, 1.82) is 0 Å². The van der Waals surface area contributed by atoms with Crippen LogP contribution in [0.3, 0.4) is 0 Å². The average Bonchev–Trinajstić information content (AvgIpc) is 3.46. The van der Waals surface area contributed by atoms with Crippen molar-refractivity contribution in [3.8, 4) is 5.75 Å². The summed E-state index contributed by atoms with van der Waals surface area (Å²) in [5.74, 6) is 0.966. The van der Waals surface area contributed by atoms with Gasteiger partial charge in [0.1, 0.15) is 17.9 Å². The minimum atomic E-state index is -1.45. The van der Waals surface area contributed by atoms with E-state index in [0.717, 1.165) is 45.5 Å². The van der Waals surface area contributed by atoms with E-state index in [2.05, 4.69) is 15.3 Å². The Labute approximate surface area is 205 Å². The normalized spacial score (nSPS) is 12.4. The number of para-hydroxylation sites is 3. The van der Waals surface area contributed by atoms with Crippen LogP contribution >= 0.6 is 0 Å². The van der Waals surface area contributed by atoms with E-state index in [1.54, 1.807) is 18.0 Å². The number of rotatable bonds is 10. The first-order chi connectivity index (χ1) is 17.2. The van der Waals surface area contributed by atoms with Gasteiger partial charge < -0.3 is 9.47 Å². The smallest absolute Gasteiger partial charge is 0.202 e. The van der Waals surface area contributed by atoms with Crippen molar-refractivity contribution < 1.29 is 13.7 Å². The summed E-state index contributed by atoms with van der Waals surface area (Å²) >= 11 is 0. The van der Waals surface area contributed by atoms with Gasteiger partial charge in [0.05, 0.1) is 45.4 Å². The zero-order valence-electron chi connectivity index (χ0n) is 19.6. The number of methoxy groups -OCH3 is 1. The Kier molecular flexibility index (Phi) is 6.82. The fourth-order valence-corrected chi connectivity index (χ4v) is 5.23. The van der Waals surface area contributed by atoms with Crippen LogP contribution in [0.1, 0.15) is 17.7 Å². The summed E-state index contributed by atoms with van der Waals surface area (Å²) < 4.78 is 28.3. The Bertz CT molecular complexity index is 1500. The molecule has 0 radical (unpaired) electrons. The molecule has 0 bridgehead atoms. The molecule has 5 rings (SSSR count). The summed E-state index contributed by atoms with van der Waals surface area (Å²) in [5.41, 5.74) is 4.97.